The number of rotatable bonds is 5. The van der Waals surface area contributed by atoms with Crippen molar-refractivity contribution in [1.29, 1.82) is 0 Å². The molecule has 1 aromatic heterocycles. The van der Waals surface area contributed by atoms with Gasteiger partial charge in [0.25, 0.3) is 0 Å². The van der Waals surface area contributed by atoms with E-state index < -0.39 is 5.60 Å². The van der Waals surface area contributed by atoms with Crippen molar-refractivity contribution in [3.8, 4) is 0 Å². The summed E-state index contributed by atoms with van der Waals surface area (Å²) in [5.41, 5.74) is 3.75. The number of nitrogens with zero attached hydrogens (tertiary/aromatic N) is 4. The molecule has 0 N–H and O–H groups in total. The standard InChI is InChI=1S/C28H39FN4O3/c1-6-23-15-21(11-14-32(23)27(35)36-28(3,4)5)16-26(34)31-13-12-24-19(2)30-33(25(24)18-31)17-20-7-9-22(29)10-8-20/h7-10,21,23H,6,11-18H2,1-5H3. The summed E-state index contributed by atoms with van der Waals surface area (Å²) in [6.07, 6.45) is 3.51. The molecule has 2 unspecified atom stereocenters. The van der Waals surface area contributed by atoms with Gasteiger partial charge in [-0.2, -0.15) is 5.10 Å². The first-order valence-electron chi connectivity index (χ1n) is 13.1. The van der Waals surface area contributed by atoms with Crippen LogP contribution in [-0.4, -0.2) is 56.3 Å². The minimum Gasteiger partial charge on any atom is -0.444 e. The summed E-state index contributed by atoms with van der Waals surface area (Å²) >= 11 is 0. The first-order valence-corrected chi connectivity index (χ1v) is 13.1. The fourth-order valence-corrected chi connectivity index (χ4v) is 5.43. The van der Waals surface area contributed by atoms with Gasteiger partial charge in [-0.25, -0.2) is 9.18 Å². The molecule has 0 radical (unpaired) electrons. The maximum Gasteiger partial charge on any atom is 0.410 e. The summed E-state index contributed by atoms with van der Waals surface area (Å²) in [6.45, 7) is 12.2. The summed E-state index contributed by atoms with van der Waals surface area (Å²) in [4.78, 5) is 29.8. The summed E-state index contributed by atoms with van der Waals surface area (Å²) in [7, 11) is 0. The van der Waals surface area contributed by atoms with E-state index in [0.717, 1.165) is 42.6 Å². The van der Waals surface area contributed by atoms with Crippen molar-refractivity contribution in [2.75, 3.05) is 13.1 Å². The van der Waals surface area contributed by atoms with E-state index in [1.807, 2.05) is 42.2 Å². The Bertz CT molecular complexity index is 1090. The molecule has 8 heteroatoms. The van der Waals surface area contributed by atoms with Gasteiger partial charge in [0.2, 0.25) is 5.91 Å². The van der Waals surface area contributed by atoms with Crippen LogP contribution in [0, 0.1) is 18.7 Å². The number of piperidine rings is 1. The van der Waals surface area contributed by atoms with Crippen LogP contribution in [0.15, 0.2) is 24.3 Å². The molecule has 2 aromatic rings. The van der Waals surface area contributed by atoms with Gasteiger partial charge in [0.1, 0.15) is 11.4 Å². The van der Waals surface area contributed by atoms with Crippen LogP contribution >= 0.6 is 0 Å². The van der Waals surface area contributed by atoms with Gasteiger partial charge in [-0.15, -0.1) is 0 Å². The van der Waals surface area contributed by atoms with Crippen molar-refractivity contribution in [1.82, 2.24) is 19.6 Å². The van der Waals surface area contributed by atoms with Gasteiger partial charge in [0.15, 0.2) is 0 Å². The lowest BCUT2D eigenvalue weighted by atomic mass is 9.87. The van der Waals surface area contributed by atoms with Crippen LogP contribution in [0.4, 0.5) is 9.18 Å². The van der Waals surface area contributed by atoms with E-state index in [0.29, 0.717) is 32.6 Å². The number of halogens is 1. The Morgan fingerprint density at radius 2 is 1.89 bits per heavy atom. The number of ether oxygens (including phenoxy) is 1. The Kier molecular flexibility index (Phi) is 7.71. The molecule has 1 aromatic carbocycles. The Labute approximate surface area is 213 Å². The molecule has 0 saturated carbocycles. The zero-order valence-corrected chi connectivity index (χ0v) is 22.2. The molecule has 2 amide bonds. The van der Waals surface area contributed by atoms with Crippen molar-refractivity contribution in [2.24, 2.45) is 5.92 Å². The van der Waals surface area contributed by atoms with E-state index in [4.69, 9.17) is 9.84 Å². The van der Waals surface area contributed by atoms with E-state index in [1.54, 1.807) is 12.1 Å². The number of carbonyl (C=O) groups excluding carboxylic acids is 2. The fourth-order valence-electron chi connectivity index (χ4n) is 5.43. The predicted octanol–water partition coefficient (Wildman–Crippen LogP) is 5.08. The van der Waals surface area contributed by atoms with Gasteiger partial charge < -0.3 is 14.5 Å². The zero-order valence-electron chi connectivity index (χ0n) is 22.2. The van der Waals surface area contributed by atoms with Gasteiger partial charge in [-0.3, -0.25) is 9.48 Å². The smallest absolute Gasteiger partial charge is 0.410 e. The van der Waals surface area contributed by atoms with E-state index in [2.05, 4.69) is 6.92 Å². The predicted molar refractivity (Wildman–Crippen MR) is 136 cm³/mol. The van der Waals surface area contributed by atoms with Crippen LogP contribution in [0.5, 0.6) is 0 Å². The van der Waals surface area contributed by atoms with Crippen LogP contribution in [-0.2, 0) is 29.0 Å². The SMILES string of the molecule is CCC1CC(CC(=O)N2CCc3c(C)nn(Cc4ccc(F)cc4)c3C2)CCN1C(=O)OC(C)(C)C. The molecule has 196 valence electrons. The first kappa shape index (κ1) is 26.2. The van der Waals surface area contributed by atoms with Gasteiger partial charge >= 0.3 is 6.09 Å². The highest BCUT2D eigenvalue weighted by Crippen LogP contribution is 2.30. The molecule has 0 aliphatic carbocycles. The Morgan fingerprint density at radius 3 is 2.56 bits per heavy atom. The zero-order chi connectivity index (χ0) is 26.0. The summed E-state index contributed by atoms with van der Waals surface area (Å²) < 4.78 is 20.9. The van der Waals surface area contributed by atoms with Gasteiger partial charge in [-0.1, -0.05) is 19.1 Å². The van der Waals surface area contributed by atoms with E-state index >= 15 is 0 Å². The topological polar surface area (TPSA) is 67.7 Å². The van der Waals surface area contributed by atoms with Crippen LogP contribution in [0.25, 0.3) is 0 Å². The minimum atomic E-state index is -0.517. The number of carbonyl (C=O) groups is 2. The first-order chi connectivity index (χ1) is 17.0. The van der Waals surface area contributed by atoms with E-state index in [9.17, 15) is 14.0 Å². The molecule has 1 fully saturated rings. The third-order valence-electron chi connectivity index (χ3n) is 7.33. The van der Waals surface area contributed by atoms with Crippen molar-refractivity contribution in [2.45, 2.75) is 91.5 Å². The minimum absolute atomic E-state index is 0.0964. The van der Waals surface area contributed by atoms with Crippen molar-refractivity contribution in [3.63, 3.8) is 0 Å². The molecule has 2 aliphatic heterocycles. The maximum absolute atomic E-state index is 13.3. The van der Waals surface area contributed by atoms with Crippen molar-refractivity contribution in [3.05, 3.63) is 52.6 Å². The summed E-state index contributed by atoms with van der Waals surface area (Å²) in [5, 5.41) is 4.73. The quantitative estimate of drug-likeness (QED) is 0.577. The molecule has 1 saturated heterocycles. The molecule has 0 bridgehead atoms. The summed E-state index contributed by atoms with van der Waals surface area (Å²) in [5.74, 6) is 0.170. The third kappa shape index (κ3) is 6.08. The second-order valence-electron chi connectivity index (χ2n) is 11.2. The number of benzene rings is 1. The molecule has 0 spiro atoms. The molecular formula is C28H39FN4O3. The molecule has 3 heterocycles. The van der Waals surface area contributed by atoms with Crippen LogP contribution in [0.1, 0.15) is 75.9 Å². The second kappa shape index (κ2) is 10.6. The number of amides is 2. The highest BCUT2D eigenvalue weighted by atomic mass is 19.1. The van der Waals surface area contributed by atoms with Gasteiger partial charge in [0, 0.05) is 25.6 Å². The largest absolute Gasteiger partial charge is 0.444 e. The Hall–Kier alpha value is -2.90. The number of aromatic nitrogens is 2. The monoisotopic (exact) mass is 498 g/mol. The average molecular weight is 499 g/mol. The highest BCUT2D eigenvalue weighted by Gasteiger charge is 2.35. The number of hydrogen-bond acceptors (Lipinski definition) is 4. The van der Waals surface area contributed by atoms with Crippen LogP contribution in [0.3, 0.4) is 0 Å². The summed E-state index contributed by atoms with van der Waals surface area (Å²) in [6, 6.07) is 6.58. The normalized spacial score (nSPS) is 20.3. The lowest BCUT2D eigenvalue weighted by molar-refractivity contribution is -0.133. The fraction of sp³-hybridized carbons (Fsp3) is 0.607. The highest BCUT2D eigenvalue weighted by molar-refractivity contribution is 5.77. The molecule has 36 heavy (non-hydrogen) atoms. The molecule has 2 atom stereocenters. The number of aryl methyl sites for hydroxylation is 1. The van der Waals surface area contributed by atoms with Gasteiger partial charge in [0.05, 0.1) is 24.5 Å². The number of fused-ring (bicyclic) bond motifs is 1. The lowest BCUT2D eigenvalue weighted by Gasteiger charge is -2.40. The average Bonchev–Trinajstić information content (AvgIpc) is 3.13. The third-order valence-corrected chi connectivity index (χ3v) is 7.33. The lowest BCUT2D eigenvalue weighted by Crippen LogP contribution is -2.48. The molecule has 2 aliphatic rings. The maximum atomic E-state index is 13.3. The van der Waals surface area contributed by atoms with Gasteiger partial charge in [-0.05, 0) is 82.6 Å². The van der Waals surface area contributed by atoms with E-state index in [-0.39, 0.29) is 29.8 Å². The van der Waals surface area contributed by atoms with Crippen molar-refractivity contribution < 1.29 is 18.7 Å². The molecule has 4 rings (SSSR count). The van der Waals surface area contributed by atoms with Crippen LogP contribution in [0.2, 0.25) is 0 Å². The molecule has 7 nitrogen and oxygen atoms in total. The molecular weight excluding hydrogens is 459 g/mol. The Morgan fingerprint density at radius 1 is 1.17 bits per heavy atom. The van der Waals surface area contributed by atoms with Crippen LogP contribution < -0.4 is 0 Å². The Balaban J connectivity index is 1.38. The number of likely N-dealkylation sites (tertiary alicyclic amines) is 1. The van der Waals surface area contributed by atoms with E-state index in [1.165, 1.54) is 17.7 Å². The second-order valence-corrected chi connectivity index (χ2v) is 11.2. The van der Waals surface area contributed by atoms with Crippen molar-refractivity contribution >= 4 is 12.0 Å². The number of hydrogen-bond donors (Lipinski definition) is 0.